The average Bonchev–Trinajstić information content (AvgIpc) is 3.43. The molecular formula is C19H29N5O2. The summed E-state index contributed by atoms with van der Waals surface area (Å²) in [5.74, 6) is 5.79. The number of rotatable bonds is 4. The lowest BCUT2D eigenvalue weighted by atomic mass is 10.0. The first-order chi connectivity index (χ1) is 12.4. The number of nitrogens with zero attached hydrogens (tertiary/aromatic N) is 2. The van der Waals surface area contributed by atoms with E-state index in [-0.39, 0.29) is 12.0 Å². The second-order valence-corrected chi connectivity index (χ2v) is 7.59. The van der Waals surface area contributed by atoms with Crippen molar-refractivity contribution < 1.29 is 9.59 Å². The molecule has 0 unspecified atom stereocenters. The minimum atomic E-state index is -0.425. The van der Waals surface area contributed by atoms with Crippen LogP contribution in [0.4, 0.5) is 10.5 Å². The van der Waals surface area contributed by atoms with Gasteiger partial charge in [-0.15, -0.1) is 0 Å². The van der Waals surface area contributed by atoms with Crippen LogP contribution in [-0.4, -0.2) is 47.4 Å². The van der Waals surface area contributed by atoms with E-state index in [1.54, 1.807) is 0 Å². The quantitative estimate of drug-likeness (QED) is 0.434. The van der Waals surface area contributed by atoms with Gasteiger partial charge in [0.05, 0.1) is 0 Å². The molecule has 2 aliphatic rings. The van der Waals surface area contributed by atoms with Crippen LogP contribution in [0.15, 0.2) is 12.1 Å². The maximum Gasteiger partial charge on any atom is 0.333 e. The molecule has 0 bridgehead atoms. The first-order valence-electron chi connectivity index (χ1n) is 9.29. The monoisotopic (exact) mass is 359 g/mol. The number of nitrogens with one attached hydrogen (secondary N) is 2. The SMILES string of the molecule is Cc1cc(CN2CCN(C(=O)C3CC3)[C@@H](C)C2)c(C)c(NC(=O)NN)c1. The van der Waals surface area contributed by atoms with E-state index < -0.39 is 6.03 Å². The number of hydrazine groups is 1. The number of hydrogen-bond donors (Lipinski definition) is 3. The lowest BCUT2D eigenvalue weighted by Crippen LogP contribution is -2.54. The highest BCUT2D eigenvalue weighted by Crippen LogP contribution is 2.32. The van der Waals surface area contributed by atoms with Crippen LogP contribution < -0.4 is 16.6 Å². The lowest BCUT2D eigenvalue weighted by Gasteiger charge is -2.40. The van der Waals surface area contributed by atoms with Gasteiger partial charge in [0, 0.05) is 43.8 Å². The summed E-state index contributed by atoms with van der Waals surface area (Å²) in [4.78, 5) is 28.4. The van der Waals surface area contributed by atoms with Crippen LogP contribution in [0.2, 0.25) is 0 Å². The minimum absolute atomic E-state index is 0.238. The molecule has 7 heteroatoms. The van der Waals surface area contributed by atoms with E-state index in [1.807, 2.05) is 19.9 Å². The van der Waals surface area contributed by atoms with Crippen LogP contribution >= 0.6 is 0 Å². The predicted molar refractivity (Wildman–Crippen MR) is 101 cm³/mol. The Bertz CT molecular complexity index is 701. The molecule has 26 heavy (non-hydrogen) atoms. The molecule has 2 fully saturated rings. The van der Waals surface area contributed by atoms with Gasteiger partial charge in [-0.1, -0.05) is 6.07 Å². The Labute approximate surface area is 154 Å². The van der Waals surface area contributed by atoms with Crippen molar-refractivity contribution >= 4 is 17.6 Å². The number of carbonyl (C=O) groups is 2. The molecule has 3 rings (SSSR count). The number of amides is 3. The van der Waals surface area contributed by atoms with E-state index in [0.29, 0.717) is 5.91 Å². The zero-order chi connectivity index (χ0) is 18.8. The lowest BCUT2D eigenvalue weighted by molar-refractivity contribution is -0.137. The Balaban J connectivity index is 1.67. The summed E-state index contributed by atoms with van der Waals surface area (Å²) in [5.41, 5.74) is 6.20. The second kappa shape index (κ2) is 7.63. The number of urea groups is 1. The van der Waals surface area contributed by atoms with Crippen LogP contribution in [-0.2, 0) is 11.3 Å². The fraction of sp³-hybridized carbons (Fsp3) is 0.579. The van der Waals surface area contributed by atoms with E-state index in [1.165, 1.54) is 5.56 Å². The topological polar surface area (TPSA) is 90.7 Å². The Kier molecular flexibility index (Phi) is 5.48. The number of piperazine rings is 1. The molecule has 142 valence electrons. The molecule has 0 aromatic heterocycles. The fourth-order valence-corrected chi connectivity index (χ4v) is 3.70. The Morgan fingerprint density at radius 2 is 1.96 bits per heavy atom. The highest BCUT2D eigenvalue weighted by molar-refractivity contribution is 5.90. The number of hydrogen-bond acceptors (Lipinski definition) is 4. The third kappa shape index (κ3) is 4.16. The summed E-state index contributed by atoms with van der Waals surface area (Å²) in [5, 5.41) is 2.78. The van der Waals surface area contributed by atoms with Gasteiger partial charge in [0.25, 0.3) is 0 Å². The number of carbonyl (C=O) groups excluding carboxylic acids is 2. The second-order valence-electron chi connectivity index (χ2n) is 7.59. The number of anilines is 1. The first kappa shape index (κ1) is 18.7. The molecule has 3 amide bonds. The summed E-state index contributed by atoms with van der Waals surface area (Å²) >= 11 is 0. The summed E-state index contributed by atoms with van der Waals surface area (Å²) in [7, 11) is 0. The van der Waals surface area contributed by atoms with Crippen molar-refractivity contribution in [1.82, 2.24) is 15.2 Å². The smallest absolute Gasteiger partial charge is 0.333 e. The maximum atomic E-state index is 12.4. The van der Waals surface area contributed by atoms with Crippen LogP contribution in [0.3, 0.4) is 0 Å². The van der Waals surface area contributed by atoms with Crippen molar-refractivity contribution in [3.8, 4) is 0 Å². The van der Waals surface area contributed by atoms with E-state index in [9.17, 15) is 9.59 Å². The zero-order valence-electron chi connectivity index (χ0n) is 15.8. The van der Waals surface area contributed by atoms with Gasteiger partial charge in [-0.05, 0) is 56.4 Å². The Hall–Kier alpha value is -2.12. The van der Waals surface area contributed by atoms with Crippen molar-refractivity contribution in [2.24, 2.45) is 11.8 Å². The highest BCUT2D eigenvalue weighted by atomic mass is 16.2. The summed E-state index contributed by atoms with van der Waals surface area (Å²) in [6.45, 7) is 9.51. The van der Waals surface area contributed by atoms with Crippen molar-refractivity contribution in [2.75, 3.05) is 25.0 Å². The average molecular weight is 359 g/mol. The molecule has 1 aromatic carbocycles. The van der Waals surface area contributed by atoms with Crippen molar-refractivity contribution in [1.29, 1.82) is 0 Å². The van der Waals surface area contributed by atoms with Crippen molar-refractivity contribution in [3.05, 3.63) is 28.8 Å². The van der Waals surface area contributed by atoms with Crippen molar-refractivity contribution in [2.45, 2.75) is 46.2 Å². The Morgan fingerprint density at radius 3 is 2.58 bits per heavy atom. The zero-order valence-corrected chi connectivity index (χ0v) is 15.8. The van der Waals surface area contributed by atoms with E-state index in [4.69, 9.17) is 5.84 Å². The van der Waals surface area contributed by atoms with Gasteiger partial charge < -0.3 is 10.2 Å². The number of aryl methyl sites for hydroxylation is 1. The summed E-state index contributed by atoms with van der Waals surface area (Å²) in [6.07, 6.45) is 2.11. The summed E-state index contributed by atoms with van der Waals surface area (Å²) in [6, 6.07) is 3.92. The van der Waals surface area contributed by atoms with Crippen molar-refractivity contribution in [3.63, 3.8) is 0 Å². The van der Waals surface area contributed by atoms with Gasteiger partial charge >= 0.3 is 6.03 Å². The van der Waals surface area contributed by atoms with E-state index in [2.05, 4.69) is 33.5 Å². The van der Waals surface area contributed by atoms with Crippen LogP contribution in [0.1, 0.15) is 36.5 Å². The summed E-state index contributed by atoms with van der Waals surface area (Å²) < 4.78 is 0. The third-order valence-corrected chi connectivity index (χ3v) is 5.35. The molecule has 0 spiro atoms. The molecule has 4 N–H and O–H groups in total. The molecule has 1 aliphatic carbocycles. The third-order valence-electron chi connectivity index (χ3n) is 5.35. The van der Waals surface area contributed by atoms with Crippen LogP contribution in [0.25, 0.3) is 0 Å². The predicted octanol–water partition coefficient (Wildman–Crippen LogP) is 1.74. The number of benzene rings is 1. The first-order valence-corrected chi connectivity index (χ1v) is 9.29. The number of nitrogens with two attached hydrogens (primary N) is 1. The minimum Gasteiger partial charge on any atom is -0.337 e. The largest absolute Gasteiger partial charge is 0.337 e. The van der Waals surface area contributed by atoms with Gasteiger partial charge in [-0.2, -0.15) is 0 Å². The van der Waals surface area contributed by atoms with Gasteiger partial charge in [-0.3, -0.25) is 15.1 Å². The van der Waals surface area contributed by atoms with Crippen LogP contribution in [0.5, 0.6) is 0 Å². The molecule has 7 nitrogen and oxygen atoms in total. The van der Waals surface area contributed by atoms with E-state index >= 15 is 0 Å². The highest BCUT2D eigenvalue weighted by Gasteiger charge is 2.37. The molecule has 1 saturated carbocycles. The molecular weight excluding hydrogens is 330 g/mol. The molecule has 1 atom stereocenters. The van der Waals surface area contributed by atoms with Gasteiger partial charge in [0.1, 0.15) is 0 Å². The molecule has 0 radical (unpaired) electrons. The molecule has 1 aromatic rings. The molecule has 1 aliphatic heterocycles. The standard InChI is InChI=1S/C19H29N5O2/c1-12-8-16(14(3)17(9-12)21-19(26)22-20)11-23-6-7-24(13(2)10-23)18(25)15-4-5-15/h8-9,13,15H,4-7,10-11,20H2,1-3H3,(H2,21,22,26)/t13-/m0/s1. The van der Waals surface area contributed by atoms with Gasteiger partial charge in [0.15, 0.2) is 0 Å². The van der Waals surface area contributed by atoms with Gasteiger partial charge in [-0.25, -0.2) is 10.6 Å². The van der Waals surface area contributed by atoms with Crippen LogP contribution in [0, 0.1) is 19.8 Å². The maximum absolute atomic E-state index is 12.4. The molecule has 1 heterocycles. The normalized spacial score (nSPS) is 20.8. The van der Waals surface area contributed by atoms with Gasteiger partial charge in [0.2, 0.25) is 5.91 Å². The molecule has 1 saturated heterocycles. The van der Waals surface area contributed by atoms with E-state index in [0.717, 1.165) is 55.8 Å². The fourth-order valence-electron chi connectivity index (χ4n) is 3.70. The Morgan fingerprint density at radius 1 is 1.23 bits per heavy atom.